The maximum Gasteiger partial charge on any atom is 0.335 e. The lowest BCUT2D eigenvalue weighted by Crippen LogP contribution is -2.49. The van der Waals surface area contributed by atoms with Gasteiger partial charge < -0.3 is 19.6 Å². The Bertz CT molecular complexity index is 684. The first kappa shape index (κ1) is 18.4. The number of carbonyl (C=O) groups excluding carboxylic acids is 2. The molecular weight excluding hydrogens is 336 g/mol. The summed E-state index contributed by atoms with van der Waals surface area (Å²) in [5, 5.41) is 9.07. The van der Waals surface area contributed by atoms with Crippen LogP contribution in [0.5, 0.6) is 0 Å². The molecule has 2 heterocycles. The summed E-state index contributed by atoms with van der Waals surface area (Å²) < 4.78 is 5.29. The second kappa shape index (κ2) is 8.31. The Hall–Kier alpha value is -2.41. The monoisotopic (exact) mass is 360 g/mol. The molecule has 7 nitrogen and oxygen atoms in total. The number of likely N-dealkylation sites (tertiary alicyclic amines) is 1. The Kier molecular flexibility index (Phi) is 5.88. The van der Waals surface area contributed by atoms with Crippen LogP contribution in [-0.4, -0.2) is 72.1 Å². The highest BCUT2D eigenvalue weighted by atomic mass is 16.5. The smallest absolute Gasteiger partial charge is 0.335 e. The highest BCUT2D eigenvalue weighted by Gasteiger charge is 2.31. The van der Waals surface area contributed by atoms with Gasteiger partial charge in [0, 0.05) is 26.2 Å². The van der Waals surface area contributed by atoms with E-state index < -0.39 is 5.97 Å². The van der Waals surface area contributed by atoms with Crippen LogP contribution >= 0.6 is 0 Å². The average molecular weight is 360 g/mol. The van der Waals surface area contributed by atoms with Gasteiger partial charge in [-0.1, -0.05) is 12.1 Å². The van der Waals surface area contributed by atoms with Gasteiger partial charge in [0.1, 0.15) is 0 Å². The van der Waals surface area contributed by atoms with Crippen molar-refractivity contribution in [3.8, 4) is 0 Å². The third-order valence-electron chi connectivity index (χ3n) is 4.98. The Balaban J connectivity index is 1.60. The van der Waals surface area contributed by atoms with Gasteiger partial charge in [0.05, 0.1) is 31.1 Å². The molecular formula is C19H24N2O5. The molecule has 140 valence electrons. The summed E-state index contributed by atoms with van der Waals surface area (Å²) >= 11 is 0. The highest BCUT2D eigenvalue weighted by molar-refractivity contribution is 5.88. The summed E-state index contributed by atoms with van der Waals surface area (Å²) in [5.41, 5.74) is 0.853. The number of hydrogen-bond donors (Lipinski definition) is 1. The molecule has 26 heavy (non-hydrogen) atoms. The third-order valence-corrected chi connectivity index (χ3v) is 4.98. The zero-order valence-electron chi connectivity index (χ0n) is 14.7. The summed E-state index contributed by atoms with van der Waals surface area (Å²) in [5.74, 6) is -1.12. The molecule has 7 heteroatoms. The molecule has 1 N–H and O–H groups in total. The van der Waals surface area contributed by atoms with Crippen LogP contribution in [0.25, 0.3) is 0 Å². The predicted molar refractivity (Wildman–Crippen MR) is 93.8 cm³/mol. The van der Waals surface area contributed by atoms with Gasteiger partial charge in [-0.2, -0.15) is 0 Å². The number of carboxylic acid groups (broad SMARTS) is 1. The molecule has 0 bridgehead atoms. The van der Waals surface area contributed by atoms with Gasteiger partial charge in [-0.25, -0.2) is 4.79 Å². The molecule has 1 atom stereocenters. The lowest BCUT2D eigenvalue weighted by molar-refractivity contribution is -0.143. The Morgan fingerprint density at radius 2 is 1.88 bits per heavy atom. The zero-order valence-corrected chi connectivity index (χ0v) is 14.7. The Labute approximate surface area is 152 Å². The predicted octanol–water partition coefficient (Wildman–Crippen LogP) is 1.02. The van der Waals surface area contributed by atoms with E-state index in [1.165, 1.54) is 12.1 Å². The lowest BCUT2D eigenvalue weighted by atomic mass is 9.95. The van der Waals surface area contributed by atoms with Crippen molar-refractivity contribution in [2.24, 2.45) is 5.92 Å². The van der Waals surface area contributed by atoms with Gasteiger partial charge in [-0.05, 0) is 30.5 Å². The van der Waals surface area contributed by atoms with Crippen molar-refractivity contribution < 1.29 is 24.2 Å². The van der Waals surface area contributed by atoms with Crippen LogP contribution in [0, 0.1) is 5.92 Å². The molecule has 0 saturated carbocycles. The number of aromatic carboxylic acids is 1. The van der Waals surface area contributed by atoms with Gasteiger partial charge in [-0.3, -0.25) is 9.59 Å². The number of nitrogens with zero attached hydrogens (tertiary/aromatic N) is 2. The van der Waals surface area contributed by atoms with Gasteiger partial charge >= 0.3 is 5.97 Å². The molecule has 1 unspecified atom stereocenters. The highest BCUT2D eigenvalue weighted by Crippen LogP contribution is 2.20. The van der Waals surface area contributed by atoms with Crippen LogP contribution in [0.4, 0.5) is 0 Å². The van der Waals surface area contributed by atoms with Crippen molar-refractivity contribution in [1.29, 1.82) is 0 Å². The number of hydrogen-bond acceptors (Lipinski definition) is 4. The van der Waals surface area contributed by atoms with E-state index in [2.05, 4.69) is 0 Å². The van der Waals surface area contributed by atoms with E-state index in [1.54, 1.807) is 17.0 Å². The quantitative estimate of drug-likeness (QED) is 0.866. The normalized spacial score (nSPS) is 20.7. The molecule has 0 spiro atoms. The van der Waals surface area contributed by atoms with Crippen LogP contribution in [-0.2, 0) is 20.7 Å². The molecule has 1 aromatic rings. The van der Waals surface area contributed by atoms with E-state index in [9.17, 15) is 14.4 Å². The molecule has 0 aliphatic carbocycles. The minimum absolute atomic E-state index is 0.0629. The molecule has 2 amide bonds. The van der Waals surface area contributed by atoms with Crippen molar-refractivity contribution in [3.63, 3.8) is 0 Å². The summed E-state index contributed by atoms with van der Waals surface area (Å²) in [6.07, 6.45) is 1.76. The van der Waals surface area contributed by atoms with E-state index in [-0.39, 0.29) is 29.7 Å². The first-order chi connectivity index (χ1) is 12.5. The summed E-state index contributed by atoms with van der Waals surface area (Å²) in [4.78, 5) is 39.9. The fraction of sp³-hybridized carbons (Fsp3) is 0.526. The van der Waals surface area contributed by atoms with Gasteiger partial charge in [0.25, 0.3) is 0 Å². The number of amides is 2. The molecule has 2 saturated heterocycles. The second-order valence-electron chi connectivity index (χ2n) is 6.80. The standard InChI is InChI=1S/C19H24N2O5/c22-17(12-14-3-1-4-15(11-14)19(24)25)21-6-2-5-16(13-21)18(23)20-7-9-26-10-8-20/h1,3-4,11,16H,2,5-10,12-13H2,(H,24,25). The molecule has 2 fully saturated rings. The van der Waals surface area contributed by atoms with E-state index in [0.717, 1.165) is 12.8 Å². The van der Waals surface area contributed by atoms with Crippen LogP contribution < -0.4 is 0 Å². The number of morpholine rings is 1. The van der Waals surface area contributed by atoms with Crippen LogP contribution in [0.2, 0.25) is 0 Å². The molecule has 0 aromatic heterocycles. The molecule has 0 radical (unpaired) electrons. The largest absolute Gasteiger partial charge is 0.478 e. The number of ether oxygens (including phenoxy) is 1. The van der Waals surface area contributed by atoms with Crippen molar-refractivity contribution in [2.45, 2.75) is 19.3 Å². The van der Waals surface area contributed by atoms with Gasteiger partial charge in [0.2, 0.25) is 11.8 Å². The molecule has 3 rings (SSSR count). The Morgan fingerprint density at radius 3 is 2.62 bits per heavy atom. The first-order valence-electron chi connectivity index (χ1n) is 9.01. The van der Waals surface area contributed by atoms with E-state index in [4.69, 9.17) is 9.84 Å². The second-order valence-corrected chi connectivity index (χ2v) is 6.80. The fourth-order valence-corrected chi connectivity index (χ4v) is 3.55. The molecule has 2 aliphatic rings. The minimum atomic E-state index is -1.01. The van der Waals surface area contributed by atoms with Gasteiger partial charge in [0.15, 0.2) is 0 Å². The fourth-order valence-electron chi connectivity index (χ4n) is 3.55. The van der Waals surface area contributed by atoms with E-state index >= 15 is 0 Å². The summed E-state index contributed by atoms with van der Waals surface area (Å²) in [6, 6.07) is 6.44. The Morgan fingerprint density at radius 1 is 1.12 bits per heavy atom. The SMILES string of the molecule is O=C(O)c1cccc(CC(=O)N2CCCC(C(=O)N3CCOCC3)C2)c1. The van der Waals surface area contributed by atoms with Crippen LogP contribution in [0.3, 0.4) is 0 Å². The van der Waals surface area contributed by atoms with E-state index in [0.29, 0.717) is 45.0 Å². The van der Waals surface area contributed by atoms with Gasteiger partial charge in [-0.15, -0.1) is 0 Å². The average Bonchev–Trinajstić information content (AvgIpc) is 2.68. The number of carbonyl (C=O) groups is 3. The van der Waals surface area contributed by atoms with Crippen LogP contribution in [0.1, 0.15) is 28.8 Å². The number of carboxylic acids is 1. The lowest BCUT2D eigenvalue weighted by Gasteiger charge is -2.36. The van der Waals surface area contributed by atoms with E-state index in [1.807, 2.05) is 4.90 Å². The van der Waals surface area contributed by atoms with Crippen molar-refractivity contribution in [1.82, 2.24) is 9.80 Å². The molecule has 2 aliphatic heterocycles. The van der Waals surface area contributed by atoms with Crippen molar-refractivity contribution in [3.05, 3.63) is 35.4 Å². The first-order valence-corrected chi connectivity index (χ1v) is 9.01. The summed E-state index contributed by atoms with van der Waals surface area (Å²) in [7, 11) is 0. The zero-order chi connectivity index (χ0) is 18.5. The van der Waals surface area contributed by atoms with Crippen LogP contribution in [0.15, 0.2) is 24.3 Å². The number of benzene rings is 1. The topological polar surface area (TPSA) is 87.2 Å². The minimum Gasteiger partial charge on any atom is -0.478 e. The maximum atomic E-state index is 12.7. The molecule has 1 aromatic carbocycles. The maximum absolute atomic E-state index is 12.7. The van der Waals surface area contributed by atoms with Crippen molar-refractivity contribution >= 4 is 17.8 Å². The number of piperidine rings is 1. The third kappa shape index (κ3) is 4.40. The number of rotatable bonds is 4. The summed E-state index contributed by atoms with van der Waals surface area (Å²) in [6.45, 7) is 3.45. The van der Waals surface area contributed by atoms with Crippen molar-refractivity contribution in [2.75, 3.05) is 39.4 Å².